The summed E-state index contributed by atoms with van der Waals surface area (Å²) in [6.45, 7) is 5.28. The minimum atomic E-state index is -0.785. The van der Waals surface area contributed by atoms with E-state index in [4.69, 9.17) is 10.5 Å². The van der Waals surface area contributed by atoms with Gasteiger partial charge in [-0.05, 0) is 26.7 Å². The summed E-state index contributed by atoms with van der Waals surface area (Å²) in [5.74, 6) is -0.795. The molecule has 6 nitrogen and oxygen atoms in total. The average molecular weight is 270 g/mol. The molecule has 2 aliphatic rings. The van der Waals surface area contributed by atoms with Gasteiger partial charge in [0.15, 0.2) is 0 Å². The fourth-order valence-electron chi connectivity index (χ4n) is 2.69. The number of aliphatic carboxylic acids is 1. The molecule has 0 aromatic carbocycles. The molecule has 0 radical (unpaired) electrons. The lowest BCUT2D eigenvalue weighted by atomic mass is 9.78. The smallest absolute Gasteiger partial charge is 0.309 e. The van der Waals surface area contributed by atoms with Crippen LogP contribution in [-0.2, 0) is 14.3 Å². The zero-order valence-electron chi connectivity index (χ0n) is 11.5. The Hall–Kier alpha value is -1.14. The van der Waals surface area contributed by atoms with Crippen LogP contribution in [0.2, 0.25) is 0 Å². The third kappa shape index (κ3) is 2.34. The molecule has 0 saturated carbocycles. The van der Waals surface area contributed by atoms with Gasteiger partial charge < -0.3 is 20.5 Å². The van der Waals surface area contributed by atoms with Crippen molar-refractivity contribution in [3.8, 4) is 0 Å². The second-order valence-corrected chi connectivity index (χ2v) is 6.20. The molecule has 2 fully saturated rings. The maximum atomic E-state index is 12.5. The number of nitrogens with two attached hydrogens (primary N) is 1. The molecular weight excluding hydrogens is 248 g/mol. The normalized spacial score (nSPS) is 34.3. The number of carboxylic acids is 1. The molecule has 2 saturated heterocycles. The van der Waals surface area contributed by atoms with Crippen LogP contribution in [0.4, 0.5) is 0 Å². The Bertz CT molecular complexity index is 390. The molecular formula is C13H22N2O4. The van der Waals surface area contributed by atoms with Gasteiger partial charge in [-0.2, -0.15) is 0 Å². The third-order valence-corrected chi connectivity index (χ3v) is 4.68. The van der Waals surface area contributed by atoms with Crippen LogP contribution in [-0.4, -0.2) is 54.2 Å². The molecule has 0 spiro atoms. The number of carbonyl (C=O) groups is 2. The topological polar surface area (TPSA) is 92.9 Å². The van der Waals surface area contributed by atoms with Crippen molar-refractivity contribution in [1.82, 2.24) is 4.90 Å². The maximum Gasteiger partial charge on any atom is 0.309 e. The molecule has 0 aliphatic carbocycles. The van der Waals surface area contributed by atoms with Crippen LogP contribution in [0.3, 0.4) is 0 Å². The van der Waals surface area contributed by atoms with Gasteiger partial charge in [0.1, 0.15) is 0 Å². The second kappa shape index (κ2) is 4.76. The van der Waals surface area contributed by atoms with Crippen molar-refractivity contribution in [2.45, 2.75) is 32.7 Å². The van der Waals surface area contributed by atoms with E-state index in [1.165, 1.54) is 0 Å². The molecule has 2 heterocycles. The standard InChI is InChI=1S/C13H22N2O4/c1-12(11(17)18)3-5-15(6-4-12)10(16)13(2)8-19-7-9(13)14/h9H,3-8,14H2,1-2H3,(H,17,18). The number of ether oxygens (including phenoxy) is 1. The van der Waals surface area contributed by atoms with Crippen LogP contribution in [0.15, 0.2) is 0 Å². The molecule has 108 valence electrons. The first-order valence-electron chi connectivity index (χ1n) is 6.66. The summed E-state index contributed by atoms with van der Waals surface area (Å²) in [4.78, 5) is 25.4. The van der Waals surface area contributed by atoms with Crippen LogP contribution in [0.5, 0.6) is 0 Å². The number of hydrogen-bond donors (Lipinski definition) is 2. The lowest BCUT2D eigenvalue weighted by Crippen LogP contribution is -2.54. The molecule has 1 amide bonds. The summed E-state index contributed by atoms with van der Waals surface area (Å²) >= 11 is 0. The van der Waals surface area contributed by atoms with Crippen LogP contribution in [0, 0.1) is 10.8 Å². The van der Waals surface area contributed by atoms with E-state index in [0.29, 0.717) is 39.1 Å². The Balaban J connectivity index is 2.02. The number of amides is 1. The van der Waals surface area contributed by atoms with E-state index in [9.17, 15) is 14.7 Å². The summed E-state index contributed by atoms with van der Waals surface area (Å²) in [7, 11) is 0. The number of carboxylic acid groups (broad SMARTS) is 1. The highest BCUT2D eigenvalue weighted by molar-refractivity contribution is 5.84. The molecule has 19 heavy (non-hydrogen) atoms. The van der Waals surface area contributed by atoms with Gasteiger partial charge in [-0.15, -0.1) is 0 Å². The van der Waals surface area contributed by atoms with E-state index < -0.39 is 16.8 Å². The van der Waals surface area contributed by atoms with E-state index in [0.717, 1.165) is 0 Å². The van der Waals surface area contributed by atoms with Crippen molar-refractivity contribution in [3.05, 3.63) is 0 Å². The zero-order chi connectivity index (χ0) is 14.3. The minimum absolute atomic E-state index is 0.00932. The Kier molecular flexibility index (Phi) is 3.57. The van der Waals surface area contributed by atoms with Crippen molar-refractivity contribution in [1.29, 1.82) is 0 Å². The van der Waals surface area contributed by atoms with Gasteiger partial charge in [-0.1, -0.05) is 0 Å². The van der Waals surface area contributed by atoms with Gasteiger partial charge in [-0.3, -0.25) is 9.59 Å². The van der Waals surface area contributed by atoms with Gasteiger partial charge in [0, 0.05) is 19.1 Å². The molecule has 6 heteroatoms. The van der Waals surface area contributed by atoms with E-state index >= 15 is 0 Å². The molecule has 2 aliphatic heterocycles. The third-order valence-electron chi connectivity index (χ3n) is 4.68. The molecule has 2 unspecified atom stereocenters. The number of carbonyl (C=O) groups excluding carboxylic acids is 1. The van der Waals surface area contributed by atoms with E-state index in [2.05, 4.69) is 0 Å². The first-order chi connectivity index (χ1) is 8.79. The number of rotatable bonds is 2. The van der Waals surface area contributed by atoms with Crippen molar-refractivity contribution in [2.75, 3.05) is 26.3 Å². The van der Waals surface area contributed by atoms with Gasteiger partial charge >= 0.3 is 5.97 Å². The molecule has 0 aromatic heterocycles. The van der Waals surface area contributed by atoms with Crippen molar-refractivity contribution in [3.63, 3.8) is 0 Å². The number of likely N-dealkylation sites (tertiary alicyclic amines) is 1. The van der Waals surface area contributed by atoms with Gasteiger partial charge in [0.25, 0.3) is 0 Å². The highest BCUT2D eigenvalue weighted by Crippen LogP contribution is 2.35. The van der Waals surface area contributed by atoms with Crippen LogP contribution in [0.1, 0.15) is 26.7 Å². The van der Waals surface area contributed by atoms with Crippen LogP contribution >= 0.6 is 0 Å². The summed E-state index contributed by atoms with van der Waals surface area (Å²) in [6, 6.07) is -0.284. The SMILES string of the molecule is CC1(C(=O)O)CCN(C(=O)C2(C)COCC2N)CC1. The quantitative estimate of drug-likeness (QED) is 0.740. The molecule has 2 rings (SSSR count). The van der Waals surface area contributed by atoms with E-state index in [1.807, 2.05) is 6.92 Å². The summed E-state index contributed by atoms with van der Waals surface area (Å²) in [5, 5.41) is 9.18. The first-order valence-corrected chi connectivity index (χ1v) is 6.66. The Labute approximate surface area is 112 Å². The Morgan fingerprint density at radius 1 is 1.32 bits per heavy atom. The largest absolute Gasteiger partial charge is 0.481 e. The molecule has 3 N–H and O–H groups in total. The highest BCUT2D eigenvalue weighted by atomic mass is 16.5. The predicted molar refractivity (Wildman–Crippen MR) is 68.5 cm³/mol. The molecule has 0 aromatic rings. The maximum absolute atomic E-state index is 12.5. The summed E-state index contributed by atoms with van der Waals surface area (Å²) < 4.78 is 5.30. The van der Waals surface area contributed by atoms with Gasteiger partial charge in [0.2, 0.25) is 5.91 Å². The molecule has 2 atom stereocenters. The summed E-state index contributed by atoms with van der Waals surface area (Å²) in [6.07, 6.45) is 0.973. The first kappa shape index (κ1) is 14.3. The van der Waals surface area contributed by atoms with Gasteiger partial charge in [0.05, 0.1) is 24.0 Å². The fraction of sp³-hybridized carbons (Fsp3) is 0.846. The van der Waals surface area contributed by atoms with Crippen molar-refractivity contribution in [2.24, 2.45) is 16.6 Å². The fourth-order valence-corrected chi connectivity index (χ4v) is 2.69. The highest BCUT2D eigenvalue weighted by Gasteiger charge is 2.48. The average Bonchev–Trinajstić information content (AvgIpc) is 2.71. The summed E-state index contributed by atoms with van der Waals surface area (Å²) in [5.41, 5.74) is 4.57. The van der Waals surface area contributed by atoms with Crippen LogP contribution in [0.25, 0.3) is 0 Å². The number of piperidine rings is 1. The predicted octanol–water partition coefficient (Wildman–Crippen LogP) is 0.0635. The Morgan fingerprint density at radius 3 is 2.32 bits per heavy atom. The molecule has 0 bridgehead atoms. The zero-order valence-corrected chi connectivity index (χ0v) is 11.5. The van der Waals surface area contributed by atoms with Gasteiger partial charge in [-0.25, -0.2) is 0 Å². The van der Waals surface area contributed by atoms with Crippen molar-refractivity contribution < 1.29 is 19.4 Å². The lowest BCUT2D eigenvalue weighted by Gasteiger charge is -2.40. The minimum Gasteiger partial charge on any atom is -0.481 e. The number of hydrogen-bond acceptors (Lipinski definition) is 4. The lowest BCUT2D eigenvalue weighted by molar-refractivity contribution is -0.155. The van der Waals surface area contributed by atoms with E-state index in [1.54, 1.807) is 11.8 Å². The van der Waals surface area contributed by atoms with Crippen LogP contribution < -0.4 is 5.73 Å². The monoisotopic (exact) mass is 270 g/mol. The second-order valence-electron chi connectivity index (χ2n) is 6.20. The number of nitrogens with zero attached hydrogens (tertiary/aromatic N) is 1. The Morgan fingerprint density at radius 2 is 1.89 bits per heavy atom. The van der Waals surface area contributed by atoms with Crippen molar-refractivity contribution >= 4 is 11.9 Å². The van der Waals surface area contributed by atoms with E-state index in [-0.39, 0.29) is 11.9 Å².